The molecule has 1 saturated carbocycles. The number of benzene rings is 1. The zero-order chi connectivity index (χ0) is 26.0. The lowest BCUT2D eigenvalue weighted by molar-refractivity contribution is -0.147. The number of carbonyl (C=O) groups excluding carboxylic acids is 1. The number of aliphatic hydroxyl groups is 2. The lowest BCUT2D eigenvalue weighted by Crippen LogP contribution is -2.20. The molecular weight excluding hydrogens is 468 g/mol. The quantitative estimate of drug-likeness (QED) is 0.173. The van der Waals surface area contributed by atoms with Crippen LogP contribution in [0.15, 0.2) is 48.6 Å². The van der Waals surface area contributed by atoms with Gasteiger partial charge in [0.2, 0.25) is 0 Å². The van der Waals surface area contributed by atoms with Crippen molar-refractivity contribution in [1.29, 1.82) is 0 Å². The Morgan fingerprint density at radius 2 is 2.00 bits per heavy atom. The highest BCUT2D eigenvalue weighted by Crippen LogP contribution is 2.38. The van der Waals surface area contributed by atoms with Gasteiger partial charge in [-0.3, -0.25) is 4.79 Å². The maximum atomic E-state index is 14.5. The Morgan fingerprint density at radius 1 is 1.26 bits per heavy atom. The second-order valence-electron chi connectivity index (χ2n) is 8.99. The summed E-state index contributed by atoms with van der Waals surface area (Å²) in [6.07, 6.45) is 0.703. The van der Waals surface area contributed by atoms with Crippen LogP contribution in [0.3, 0.4) is 0 Å². The fraction of sp³-hybridized carbons (Fsp3) is 0.577. The van der Waals surface area contributed by atoms with Crippen molar-refractivity contribution in [3.05, 3.63) is 54.1 Å². The van der Waals surface area contributed by atoms with Crippen LogP contribution in [-0.4, -0.2) is 47.3 Å². The van der Waals surface area contributed by atoms with Crippen LogP contribution in [-0.2, 0) is 15.7 Å². The molecule has 2 N–H and O–H groups in total. The van der Waals surface area contributed by atoms with E-state index < -0.39 is 36.0 Å². The van der Waals surface area contributed by atoms with Crippen LogP contribution in [0.2, 0.25) is 0 Å². The Hall–Kier alpha value is -2.39. The van der Waals surface area contributed by atoms with E-state index in [-0.39, 0.29) is 36.8 Å². The lowest BCUT2D eigenvalue weighted by atomic mass is 9.90. The molecule has 0 aromatic heterocycles. The summed E-state index contributed by atoms with van der Waals surface area (Å²) in [7, 11) is 0. The Morgan fingerprint density at radius 3 is 2.69 bits per heavy atom. The predicted molar refractivity (Wildman–Crippen MR) is 123 cm³/mol. The number of allylic oxidation sites excluding steroid dienone is 3. The molecule has 196 valence electrons. The van der Waals surface area contributed by atoms with E-state index in [9.17, 15) is 32.6 Å². The second-order valence-corrected chi connectivity index (χ2v) is 8.99. The average Bonchev–Trinajstić information content (AvgIpc) is 3.04. The van der Waals surface area contributed by atoms with Gasteiger partial charge in [0.15, 0.2) is 0 Å². The molecule has 0 bridgehead atoms. The van der Waals surface area contributed by atoms with E-state index in [4.69, 9.17) is 9.47 Å². The van der Waals surface area contributed by atoms with Gasteiger partial charge in [0.25, 0.3) is 0 Å². The third-order valence-corrected chi connectivity index (χ3v) is 5.70. The molecule has 2 rings (SSSR count). The highest BCUT2D eigenvalue weighted by atomic mass is 19.4. The van der Waals surface area contributed by atoms with Gasteiger partial charge in [-0.25, -0.2) is 4.39 Å². The molecule has 1 aromatic carbocycles. The Labute approximate surface area is 203 Å². The maximum Gasteiger partial charge on any atom is 0.416 e. The molecule has 1 aliphatic carbocycles. The van der Waals surface area contributed by atoms with Crippen LogP contribution in [0.4, 0.5) is 17.6 Å². The molecule has 0 amide bonds. The third-order valence-electron chi connectivity index (χ3n) is 5.70. The monoisotopic (exact) mass is 502 g/mol. The second kappa shape index (κ2) is 13.6. The van der Waals surface area contributed by atoms with Crippen molar-refractivity contribution in [2.75, 3.05) is 6.61 Å². The molecule has 1 aliphatic rings. The first-order valence-electron chi connectivity index (χ1n) is 11.8. The van der Waals surface area contributed by atoms with Crippen molar-refractivity contribution in [2.45, 2.75) is 76.6 Å². The molecule has 0 radical (unpaired) electrons. The normalized spacial score (nSPS) is 23.9. The highest BCUT2D eigenvalue weighted by Gasteiger charge is 2.40. The summed E-state index contributed by atoms with van der Waals surface area (Å²) >= 11 is 0. The molecule has 3 unspecified atom stereocenters. The molecule has 0 spiro atoms. The number of hydrogen-bond donors (Lipinski definition) is 2. The standard InChI is InChI=1S/C26H34F4O5/c1-17(2)35-25(33)11-6-4-3-5-10-22-21(23(27)15-24(22)32)13-12-19(31)16-34-20-9-7-8-18(14-20)26(28,29)30/h3,5,7-9,12-14,17,19,21-24,31-32H,4,6,10-11,15-16H2,1-2H3/b5-3-,13-12+/t19?,21-,22-,23?,24?/m1/s1. The molecule has 9 heteroatoms. The summed E-state index contributed by atoms with van der Waals surface area (Å²) < 4.78 is 63.2. The maximum absolute atomic E-state index is 14.5. The molecular formula is C26H34F4O5. The van der Waals surface area contributed by atoms with Crippen molar-refractivity contribution in [3.8, 4) is 5.75 Å². The van der Waals surface area contributed by atoms with E-state index in [1.54, 1.807) is 13.8 Å². The number of aliphatic hydroxyl groups excluding tert-OH is 2. The molecule has 1 aromatic rings. The molecule has 0 saturated heterocycles. The SMILES string of the molecule is CC(C)OC(=O)CCC/C=C\C[C@H]1C(O)CC(F)[C@@H]1/C=C/C(O)COc1cccc(C(F)(F)F)c1. The highest BCUT2D eigenvalue weighted by molar-refractivity contribution is 5.69. The minimum Gasteiger partial charge on any atom is -0.491 e. The molecule has 5 atom stereocenters. The third kappa shape index (κ3) is 10.0. The van der Waals surface area contributed by atoms with Gasteiger partial charge in [-0.1, -0.05) is 30.4 Å². The van der Waals surface area contributed by atoms with Gasteiger partial charge < -0.3 is 19.7 Å². The number of hydrogen-bond acceptors (Lipinski definition) is 5. The van der Waals surface area contributed by atoms with Gasteiger partial charge in [0.1, 0.15) is 24.6 Å². The molecule has 35 heavy (non-hydrogen) atoms. The summed E-state index contributed by atoms with van der Waals surface area (Å²) in [6.45, 7) is 3.28. The zero-order valence-electron chi connectivity index (χ0n) is 20.0. The number of ether oxygens (including phenoxy) is 2. The number of unbranched alkanes of at least 4 members (excludes halogenated alkanes) is 1. The van der Waals surface area contributed by atoms with Crippen molar-refractivity contribution >= 4 is 5.97 Å². The van der Waals surface area contributed by atoms with Gasteiger partial charge in [-0.15, -0.1) is 0 Å². The van der Waals surface area contributed by atoms with Crippen LogP contribution >= 0.6 is 0 Å². The van der Waals surface area contributed by atoms with Crippen LogP contribution in [0.1, 0.15) is 51.5 Å². The summed E-state index contributed by atoms with van der Waals surface area (Å²) in [5.41, 5.74) is -0.855. The molecule has 5 nitrogen and oxygen atoms in total. The smallest absolute Gasteiger partial charge is 0.416 e. The number of rotatable bonds is 12. The fourth-order valence-electron chi connectivity index (χ4n) is 3.98. The zero-order valence-corrected chi connectivity index (χ0v) is 20.0. The van der Waals surface area contributed by atoms with Crippen molar-refractivity contribution < 1.29 is 42.0 Å². The van der Waals surface area contributed by atoms with E-state index in [1.165, 1.54) is 24.3 Å². The first kappa shape index (κ1) is 28.8. The first-order valence-corrected chi connectivity index (χ1v) is 11.8. The summed E-state index contributed by atoms with van der Waals surface area (Å²) in [5.74, 6) is -1.27. The van der Waals surface area contributed by atoms with Crippen molar-refractivity contribution in [2.24, 2.45) is 11.8 Å². The van der Waals surface area contributed by atoms with E-state index in [0.717, 1.165) is 12.1 Å². The van der Waals surface area contributed by atoms with E-state index in [1.807, 2.05) is 12.2 Å². The summed E-state index contributed by atoms with van der Waals surface area (Å²) in [6, 6.07) is 4.33. The van der Waals surface area contributed by atoms with E-state index >= 15 is 0 Å². The van der Waals surface area contributed by atoms with Gasteiger partial charge in [-0.2, -0.15) is 13.2 Å². The molecule has 0 aliphatic heterocycles. The topological polar surface area (TPSA) is 76.0 Å². The minimum atomic E-state index is -4.50. The predicted octanol–water partition coefficient (Wildman–Crippen LogP) is 5.40. The number of carbonyl (C=O) groups is 1. The van der Waals surface area contributed by atoms with E-state index in [0.29, 0.717) is 25.7 Å². The average molecular weight is 503 g/mol. The van der Waals surface area contributed by atoms with Crippen LogP contribution < -0.4 is 4.74 Å². The van der Waals surface area contributed by atoms with Gasteiger partial charge in [0.05, 0.1) is 17.8 Å². The van der Waals surface area contributed by atoms with Gasteiger partial charge in [0, 0.05) is 18.8 Å². The largest absolute Gasteiger partial charge is 0.491 e. The Kier molecular flexibility index (Phi) is 11.2. The first-order chi connectivity index (χ1) is 16.5. The fourth-order valence-corrected chi connectivity index (χ4v) is 3.98. The summed E-state index contributed by atoms with van der Waals surface area (Å²) in [5, 5.41) is 20.4. The van der Waals surface area contributed by atoms with Crippen molar-refractivity contribution in [3.63, 3.8) is 0 Å². The van der Waals surface area contributed by atoms with Gasteiger partial charge in [-0.05, 0) is 57.2 Å². The lowest BCUT2D eigenvalue weighted by Gasteiger charge is -2.19. The number of halogens is 4. The Balaban J connectivity index is 1.82. The minimum absolute atomic E-state index is 0.00855. The molecule has 0 heterocycles. The van der Waals surface area contributed by atoms with Crippen LogP contribution in [0, 0.1) is 11.8 Å². The van der Waals surface area contributed by atoms with Gasteiger partial charge >= 0.3 is 12.1 Å². The van der Waals surface area contributed by atoms with Crippen LogP contribution in [0.5, 0.6) is 5.75 Å². The van der Waals surface area contributed by atoms with Crippen molar-refractivity contribution in [1.82, 2.24) is 0 Å². The van der Waals surface area contributed by atoms with Crippen LogP contribution in [0.25, 0.3) is 0 Å². The van der Waals surface area contributed by atoms with E-state index in [2.05, 4.69) is 0 Å². The number of alkyl halides is 4. The summed E-state index contributed by atoms with van der Waals surface area (Å²) in [4.78, 5) is 11.5. The molecule has 1 fully saturated rings. The Bertz CT molecular complexity index is 852. The number of esters is 1.